The van der Waals surface area contributed by atoms with Gasteiger partial charge in [-0.15, -0.1) is 0 Å². The van der Waals surface area contributed by atoms with Crippen LogP contribution in [0.25, 0.3) is 0 Å². The maximum atomic E-state index is 5.84. The number of benzene rings is 1. The minimum Gasteiger partial charge on any atom is -0.330 e. The van der Waals surface area contributed by atoms with Gasteiger partial charge < -0.3 is 5.73 Å². The first-order valence-corrected chi connectivity index (χ1v) is 6.94. The van der Waals surface area contributed by atoms with Crippen LogP contribution in [0.15, 0.2) is 47.9 Å². The molecule has 3 nitrogen and oxygen atoms in total. The van der Waals surface area contributed by atoms with Crippen LogP contribution in [0.1, 0.15) is 17.0 Å². The third-order valence-corrected chi connectivity index (χ3v) is 3.76. The monoisotopic (exact) mass is 259 g/mol. The van der Waals surface area contributed by atoms with Crippen LogP contribution in [0, 0.1) is 6.92 Å². The summed E-state index contributed by atoms with van der Waals surface area (Å²) in [5.74, 6) is 1.25. The lowest BCUT2D eigenvalue weighted by Gasteiger charge is -2.13. The molecule has 0 aliphatic carbocycles. The molecular formula is C14H17N3S. The molecule has 0 aliphatic rings. The van der Waals surface area contributed by atoms with Gasteiger partial charge in [-0.05, 0) is 24.6 Å². The zero-order valence-electron chi connectivity index (χ0n) is 10.4. The van der Waals surface area contributed by atoms with E-state index >= 15 is 0 Å². The van der Waals surface area contributed by atoms with Crippen LogP contribution in [0.4, 0.5) is 0 Å². The van der Waals surface area contributed by atoms with Crippen molar-refractivity contribution in [2.75, 3.05) is 12.3 Å². The van der Waals surface area contributed by atoms with Gasteiger partial charge in [0.05, 0.1) is 0 Å². The predicted octanol–water partition coefficient (Wildman–Crippen LogP) is 2.62. The Morgan fingerprint density at radius 3 is 2.44 bits per heavy atom. The second-order valence-electron chi connectivity index (χ2n) is 4.20. The Balaban J connectivity index is 1.97. The molecule has 0 saturated carbocycles. The van der Waals surface area contributed by atoms with Gasteiger partial charge in [0.15, 0.2) is 5.16 Å². The van der Waals surface area contributed by atoms with Gasteiger partial charge >= 0.3 is 0 Å². The number of aromatic nitrogens is 2. The fourth-order valence-corrected chi connectivity index (χ4v) is 2.59. The fourth-order valence-electron chi connectivity index (χ4n) is 1.66. The van der Waals surface area contributed by atoms with Crippen LogP contribution >= 0.6 is 11.8 Å². The Morgan fingerprint density at radius 2 is 1.83 bits per heavy atom. The summed E-state index contributed by atoms with van der Waals surface area (Å²) in [7, 11) is 0. The summed E-state index contributed by atoms with van der Waals surface area (Å²) in [5.41, 5.74) is 8.20. The van der Waals surface area contributed by atoms with Crippen molar-refractivity contribution >= 4 is 11.8 Å². The Labute approximate surface area is 112 Å². The van der Waals surface area contributed by atoms with Crippen molar-refractivity contribution in [3.63, 3.8) is 0 Å². The van der Waals surface area contributed by atoms with Crippen LogP contribution in [-0.2, 0) is 0 Å². The highest BCUT2D eigenvalue weighted by molar-refractivity contribution is 7.99. The molecule has 2 rings (SSSR count). The van der Waals surface area contributed by atoms with Crippen LogP contribution in [0.2, 0.25) is 0 Å². The normalized spacial score (nSPS) is 12.3. The van der Waals surface area contributed by atoms with Crippen molar-refractivity contribution in [1.29, 1.82) is 0 Å². The lowest BCUT2D eigenvalue weighted by Crippen LogP contribution is -2.14. The van der Waals surface area contributed by atoms with Crippen LogP contribution in [-0.4, -0.2) is 22.3 Å². The van der Waals surface area contributed by atoms with Gasteiger partial charge in [-0.3, -0.25) is 0 Å². The van der Waals surface area contributed by atoms with Gasteiger partial charge in [-0.1, -0.05) is 42.1 Å². The number of rotatable bonds is 5. The standard InChI is InChI=1S/C14H17N3S/c1-11-8-16-14(17-9-11)18-10-13(7-15)12-5-3-2-4-6-12/h2-6,8-9,13H,7,10,15H2,1H3. The average molecular weight is 259 g/mol. The maximum Gasteiger partial charge on any atom is 0.187 e. The zero-order valence-corrected chi connectivity index (χ0v) is 11.2. The third-order valence-electron chi connectivity index (χ3n) is 2.73. The molecule has 0 aliphatic heterocycles. The van der Waals surface area contributed by atoms with E-state index in [2.05, 4.69) is 22.1 Å². The summed E-state index contributed by atoms with van der Waals surface area (Å²) in [6.07, 6.45) is 3.69. The van der Waals surface area contributed by atoms with Gasteiger partial charge in [0.25, 0.3) is 0 Å². The van der Waals surface area contributed by atoms with E-state index in [1.54, 1.807) is 11.8 Å². The number of thioether (sulfide) groups is 1. The third kappa shape index (κ3) is 3.55. The van der Waals surface area contributed by atoms with Crippen molar-refractivity contribution in [2.45, 2.75) is 18.0 Å². The number of aryl methyl sites for hydroxylation is 1. The van der Waals surface area contributed by atoms with Crippen molar-refractivity contribution in [2.24, 2.45) is 5.73 Å². The highest BCUT2D eigenvalue weighted by Crippen LogP contribution is 2.23. The summed E-state index contributed by atoms with van der Waals surface area (Å²) < 4.78 is 0. The van der Waals surface area contributed by atoms with E-state index in [0.717, 1.165) is 16.5 Å². The largest absolute Gasteiger partial charge is 0.330 e. The summed E-state index contributed by atoms with van der Waals surface area (Å²) in [6.45, 7) is 2.63. The molecule has 1 unspecified atom stereocenters. The number of nitrogens with two attached hydrogens (primary N) is 1. The molecule has 1 aromatic heterocycles. The lowest BCUT2D eigenvalue weighted by molar-refractivity contribution is 0.782. The first-order valence-electron chi connectivity index (χ1n) is 5.96. The van der Waals surface area contributed by atoms with Crippen LogP contribution < -0.4 is 5.73 Å². The highest BCUT2D eigenvalue weighted by Gasteiger charge is 2.10. The number of hydrogen-bond donors (Lipinski definition) is 1. The van der Waals surface area contributed by atoms with E-state index in [-0.39, 0.29) is 0 Å². The van der Waals surface area contributed by atoms with E-state index in [1.807, 2.05) is 37.5 Å². The molecule has 0 radical (unpaired) electrons. The Bertz CT molecular complexity index is 470. The van der Waals surface area contributed by atoms with Gasteiger partial charge in [0.1, 0.15) is 0 Å². The number of nitrogens with zero attached hydrogens (tertiary/aromatic N) is 2. The van der Waals surface area contributed by atoms with Gasteiger partial charge in [0.2, 0.25) is 0 Å². The molecule has 1 atom stereocenters. The second-order valence-corrected chi connectivity index (χ2v) is 5.18. The van der Waals surface area contributed by atoms with E-state index in [1.165, 1.54) is 5.56 Å². The smallest absolute Gasteiger partial charge is 0.187 e. The van der Waals surface area contributed by atoms with Gasteiger partial charge in [-0.25, -0.2) is 9.97 Å². The minimum absolute atomic E-state index is 0.348. The quantitative estimate of drug-likeness (QED) is 0.662. The van der Waals surface area contributed by atoms with Crippen molar-refractivity contribution in [1.82, 2.24) is 9.97 Å². The zero-order chi connectivity index (χ0) is 12.8. The van der Waals surface area contributed by atoms with E-state index < -0.39 is 0 Å². The Morgan fingerprint density at radius 1 is 1.17 bits per heavy atom. The SMILES string of the molecule is Cc1cnc(SCC(CN)c2ccccc2)nc1. The molecule has 94 valence electrons. The highest BCUT2D eigenvalue weighted by atomic mass is 32.2. The molecule has 1 heterocycles. The second kappa shape index (κ2) is 6.52. The van der Waals surface area contributed by atoms with Crippen molar-refractivity contribution in [3.05, 3.63) is 53.9 Å². The molecule has 0 fully saturated rings. The molecule has 0 saturated heterocycles. The number of hydrogen-bond acceptors (Lipinski definition) is 4. The topological polar surface area (TPSA) is 51.8 Å². The van der Waals surface area contributed by atoms with E-state index in [9.17, 15) is 0 Å². The molecule has 0 spiro atoms. The Hall–Kier alpha value is -1.39. The fraction of sp³-hybridized carbons (Fsp3) is 0.286. The van der Waals surface area contributed by atoms with Gasteiger partial charge in [-0.2, -0.15) is 0 Å². The molecule has 1 aromatic carbocycles. The van der Waals surface area contributed by atoms with Crippen molar-refractivity contribution in [3.8, 4) is 0 Å². The molecule has 4 heteroatoms. The predicted molar refractivity (Wildman–Crippen MR) is 75.7 cm³/mol. The summed E-state index contributed by atoms with van der Waals surface area (Å²) in [6, 6.07) is 10.4. The first kappa shape index (κ1) is 13.1. The Kier molecular flexibility index (Phi) is 4.73. The lowest BCUT2D eigenvalue weighted by atomic mass is 10.0. The van der Waals surface area contributed by atoms with E-state index in [4.69, 9.17) is 5.73 Å². The molecule has 0 amide bonds. The van der Waals surface area contributed by atoms with Crippen LogP contribution in [0.3, 0.4) is 0 Å². The molecule has 18 heavy (non-hydrogen) atoms. The molecule has 2 aromatic rings. The summed E-state index contributed by atoms with van der Waals surface area (Å²) in [5, 5.41) is 0.815. The van der Waals surface area contributed by atoms with Gasteiger partial charge in [0, 0.05) is 24.1 Å². The maximum absolute atomic E-state index is 5.84. The molecule has 0 bridgehead atoms. The first-order chi connectivity index (χ1) is 8.79. The minimum atomic E-state index is 0.348. The summed E-state index contributed by atoms with van der Waals surface area (Å²) in [4.78, 5) is 8.58. The average Bonchev–Trinajstić information content (AvgIpc) is 2.43. The molecular weight excluding hydrogens is 242 g/mol. The van der Waals surface area contributed by atoms with Crippen molar-refractivity contribution < 1.29 is 0 Å². The van der Waals surface area contributed by atoms with Crippen LogP contribution in [0.5, 0.6) is 0 Å². The van der Waals surface area contributed by atoms with E-state index in [0.29, 0.717) is 12.5 Å². The molecule has 2 N–H and O–H groups in total. The summed E-state index contributed by atoms with van der Waals surface area (Å²) >= 11 is 1.65.